The Morgan fingerprint density at radius 2 is 1.83 bits per heavy atom. The van der Waals surface area contributed by atoms with Crippen LogP contribution in [0.2, 0.25) is 0 Å². The maximum absolute atomic E-state index is 12.7. The molecule has 1 aromatic heterocycles. The lowest BCUT2D eigenvalue weighted by Crippen LogP contribution is -2.32. The molecule has 2 heterocycles. The molecule has 6 nitrogen and oxygen atoms in total. The summed E-state index contributed by atoms with van der Waals surface area (Å²) in [5.41, 5.74) is 2.72. The number of allylic oxidation sites excluding steroid dienone is 2. The number of piperidine rings is 1. The third kappa shape index (κ3) is 5.76. The van der Waals surface area contributed by atoms with E-state index in [1.165, 1.54) is 41.7 Å². The highest BCUT2D eigenvalue weighted by Crippen LogP contribution is 2.35. The van der Waals surface area contributed by atoms with Crippen molar-refractivity contribution < 1.29 is 13.5 Å². The number of rotatable bonds is 8. The Hall–Kier alpha value is -2.70. The zero-order chi connectivity index (χ0) is 25.0. The van der Waals surface area contributed by atoms with E-state index in [1.807, 2.05) is 18.2 Å². The number of aliphatic hydroxyl groups is 1. The summed E-state index contributed by atoms with van der Waals surface area (Å²) in [5, 5.41) is 21.6. The number of nitrogens with zero attached hydrogens (tertiary/aromatic N) is 2. The van der Waals surface area contributed by atoms with E-state index in [9.17, 15) is 18.8 Å². The number of thiophene rings is 1. The van der Waals surface area contributed by atoms with Crippen LogP contribution in [0.1, 0.15) is 44.4 Å². The number of nitriles is 1. The maximum Gasteiger partial charge on any atom is 0.251 e. The van der Waals surface area contributed by atoms with Crippen LogP contribution in [-0.4, -0.2) is 39.3 Å². The number of nitrogens with one attached hydrogen (secondary N) is 1. The Kier molecular flexibility index (Phi) is 7.92. The van der Waals surface area contributed by atoms with Gasteiger partial charge in [-0.25, -0.2) is 13.1 Å². The Morgan fingerprint density at radius 1 is 1.11 bits per heavy atom. The van der Waals surface area contributed by atoms with Crippen LogP contribution in [0.15, 0.2) is 53.4 Å². The van der Waals surface area contributed by atoms with Crippen LogP contribution in [0.5, 0.6) is 0 Å². The molecule has 1 aliphatic heterocycles. The molecule has 1 atom stereocenters. The lowest BCUT2D eigenvalue weighted by molar-refractivity contribution is 0.174. The van der Waals surface area contributed by atoms with Gasteiger partial charge in [0.15, 0.2) is 4.91 Å². The van der Waals surface area contributed by atoms with Gasteiger partial charge in [0.25, 0.3) is 10.0 Å². The molecule has 0 bridgehead atoms. The van der Waals surface area contributed by atoms with Gasteiger partial charge < -0.3 is 10.0 Å². The molecule has 1 fully saturated rings. The van der Waals surface area contributed by atoms with Crippen molar-refractivity contribution in [1.29, 1.82) is 5.26 Å². The molecule has 8 heteroatoms. The molecule has 0 spiro atoms. The number of fused-ring (bicyclic) bond motifs is 1. The largest absolute Gasteiger partial charge is 0.392 e. The van der Waals surface area contributed by atoms with E-state index in [0.717, 1.165) is 33.8 Å². The summed E-state index contributed by atoms with van der Waals surface area (Å²) in [7, 11) is -4.01. The monoisotopic (exact) mass is 509 g/mol. The number of aliphatic hydroxyl groups excluding tert-OH is 1. The van der Waals surface area contributed by atoms with E-state index in [0.29, 0.717) is 12.0 Å². The summed E-state index contributed by atoms with van der Waals surface area (Å²) in [6, 6.07) is 18.6. The summed E-state index contributed by atoms with van der Waals surface area (Å²) in [6.07, 6.45) is 3.44. The predicted molar refractivity (Wildman–Crippen MR) is 145 cm³/mol. The van der Waals surface area contributed by atoms with Gasteiger partial charge in [0, 0.05) is 35.1 Å². The van der Waals surface area contributed by atoms with Gasteiger partial charge in [-0.2, -0.15) is 5.26 Å². The van der Waals surface area contributed by atoms with Crippen LogP contribution in [0.3, 0.4) is 0 Å². The summed E-state index contributed by atoms with van der Waals surface area (Å²) >= 11 is 1.46. The van der Waals surface area contributed by atoms with E-state index < -0.39 is 16.1 Å². The Morgan fingerprint density at radius 3 is 2.54 bits per heavy atom. The third-order valence-corrected chi connectivity index (χ3v) is 9.23. The minimum atomic E-state index is -4.01. The third-order valence-electron chi connectivity index (χ3n) is 6.50. The lowest BCUT2D eigenvalue weighted by atomic mass is 10.0. The summed E-state index contributed by atoms with van der Waals surface area (Å²) < 4.78 is 27.7. The van der Waals surface area contributed by atoms with E-state index in [-0.39, 0.29) is 11.4 Å². The molecule has 0 aliphatic carbocycles. The van der Waals surface area contributed by atoms with Gasteiger partial charge in [0.1, 0.15) is 6.07 Å². The van der Waals surface area contributed by atoms with Crippen LogP contribution in [0, 0.1) is 11.3 Å². The Balaban J connectivity index is 1.59. The minimum absolute atomic E-state index is 0.121. The number of hydrogen-bond donors (Lipinski definition) is 2. The minimum Gasteiger partial charge on any atom is -0.392 e. The fraction of sp³-hybridized carbons (Fsp3) is 0.370. The second kappa shape index (κ2) is 10.9. The molecule has 1 unspecified atom stereocenters. The first kappa shape index (κ1) is 25.4. The first-order chi connectivity index (χ1) is 16.8. The lowest BCUT2D eigenvalue weighted by Gasteiger charge is -2.29. The second-order valence-electron chi connectivity index (χ2n) is 8.94. The van der Waals surface area contributed by atoms with Gasteiger partial charge in [-0.1, -0.05) is 25.1 Å². The highest BCUT2D eigenvalue weighted by Gasteiger charge is 2.22. The maximum atomic E-state index is 12.7. The normalized spacial score (nSPS) is 16.1. The van der Waals surface area contributed by atoms with Crippen molar-refractivity contribution in [2.75, 3.05) is 24.5 Å². The summed E-state index contributed by atoms with van der Waals surface area (Å²) in [5.74, 6) is 0. The van der Waals surface area contributed by atoms with E-state index in [1.54, 1.807) is 13.8 Å². The Labute approximate surface area is 211 Å². The Bertz CT molecular complexity index is 1380. The van der Waals surface area contributed by atoms with Crippen molar-refractivity contribution in [2.45, 2.75) is 45.6 Å². The number of benzene rings is 2. The molecule has 0 radical (unpaired) electrons. The molecule has 1 aliphatic rings. The van der Waals surface area contributed by atoms with Gasteiger partial charge >= 0.3 is 0 Å². The SMILES string of the molecule is CCC(O)CNS(=O)(=O)/C(C#N)=C(\C)c1ccc(-c2ccc3cc(N4CCCCC4)ccc3c2)s1. The van der Waals surface area contributed by atoms with Crippen molar-refractivity contribution >= 4 is 43.4 Å². The molecule has 1 saturated heterocycles. The number of hydrogen-bond acceptors (Lipinski definition) is 6. The quantitative estimate of drug-likeness (QED) is 0.391. The average Bonchev–Trinajstić information content (AvgIpc) is 3.38. The van der Waals surface area contributed by atoms with Crippen LogP contribution >= 0.6 is 11.3 Å². The van der Waals surface area contributed by atoms with Gasteiger partial charge in [-0.3, -0.25) is 0 Å². The van der Waals surface area contributed by atoms with Crippen LogP contribution in [0.4, 0.5) is 5.69 Å². The molecule has 3 aromatic rings. The highest BCUT2D eigenvalue weighted by atomic mass is 32.2. The highest BCUT2D eigenvalue weighted by molar-refractivity contribution is 7.93. The van der Waals surface area contributed by atoms with E-state index >= 15 is 0 Å². The zero-order valence-corrected chi connectivity index (χ0v) is 21.8. The first-order valence-electron chi connectivity index (χ1n) is 12.0. The molecule has 2 aromatic carbocycles. The molecular formula is C27H31N3O3S2. The van der Waals surface area contributed by atoms with Crippen molar-refractivity contribution in [2.24, 2.45) is 0 Å². The van der Waals surface area contributed by atoms with Crippen molar-refractivity contribution in [3.05, 3.63) is 58.3 Å². The average molecular weight is 510 g/mol. The van der Waals surface area contributed by atoms with Gasteiger partial charge in [-0.05, 0) is 84.8 Å². The van der Waals surface area contributed by atoms with Gasteiger partial charge in [0.2, 0.25) is 0 Å². The molecule has 184 valence electrons. The van der Waals surface area contributed by atoms with Crippen molar-refractivity contribution in [1.82, 2.24) is 4.72 Å². The van der Waals surface area contributed by atoms with Gasteiger partial charge in [-0.15, -0.1) is 11.3 Å². The molecule has 0 saturated carbocycles. The fourth-order valence-electron chi connectivity index (χ4n) is 4.31. The molecule has 4 rings (SSSR count). The molecular weight excluding hydrogens is 478 g/mol. The summed E-state index contributed by atoms with van der Waals surface area (Å²) in [6.45, 7) is 5.52. The second-order valence-corrected chi connectivity index (χ2v) is 11.7. The number of sulfonamides is 1. The zero-order valence-electron chi connectivity index (χ0n) is 20.1. The van der Waals surface area contributed by atoms with Crippen LogP contribution in [-0.2, 0) is 10.0 Å². The van der Waals surface area contributed by atoms with Crippen molar-refractivity contribution in [3.8, 4) is 16.5 Å². The van der Waals surface area contributed by atoms with E-state index in [4.69, 9.17) is 0 Å². The number of anilines is 1. The molecule has 2 N–H and O–H groups in total. The van der Waals surface area contributed by atoms with E-state index in [2.05, 4.69) is 46.0 Å². The fourth-order valence-corrected chi connectivity index (χ4v) is 6.57. The summed E-state index contributed by atoms with van der Waals surface area (Å²) in [4.78, 5) is 3.86. The standard InChI is InChI=1S/C27H31N3O3S2/c1-3-24(31)18-29-35(32,33)27(17-28)19(2)25-11-12-26(34-25)22-8-7-21-16-23(10-9-20(21)15-22)30-13-5-4-6-14-30/h7-12,15-16,24,29,31H,3-6,13-14,18H2,1-2H3/b27-19+. The van der Waals surface area contributed by atoms with Gasteiger partial charge in [0.05, 0.1) is 6.10 Å². The molecule has 0 amide bonds. The molecule has 35 heavy (non-hydrogen) atoms. The predicted octanol–water partition coefficient (Wildman–Crippen LogP) is 5.50. The topological polar surface area (TPSA) is 93.4 Å². The van der Waals surface area contributed by atoms with Crippen LogP contribution < -0.4 is 9.62 Å². The van der Waals surface area contributed by atoms with Crippen LogP contribution in [0.25, 0.3) is 26.8 Å². The first-order valence-corrected chi connectivity index (χ1v) is 14.3. The van der Waals surface area contributed by atoms with Crippen molar-refractivity contribution in [3.63, 3.8) is 0 Å². The smallest absolute Gasteiger partial charge is 0.251 e.